The van der Waals surface area contributed by atoms with E-state index in [1.165, 1.54) is 32.6 Å². The Bertz CT molecular complexity index is 354. The highest BCUT2D eigenvalue weighted by molar-refractivity contribution is 5.23. The molecule has 0 amide bonds. The van der Waals surface area contributed by atoms with Gasteiger partial charge in [-0.3, -0.25) is 14.5 Å². The van der Waals surface area contributed by atoms with Crippen LogP contribution in [0.3, 0.4) is 0 Å². The van der Waals surface area contributed by atoms with Crippen molar-refractivity contribution in [2.24, 2.45) is 0 Å². The summed E-state index contributed by atoms with van der Waals surface area (Å²) in [7, 11) is 0. The van der Waals surface area contributed by atoms with Gasteiger partial charge >= 0.3 is 0 Å². The minimum atomic E-state index is 0.608. The van der Waals surface area contributed by atoms with Crippen molar-refractivity contribution in [1.82, 2.24) is 19.6 Å². The van der Waals surface area contributed by atoms with Crippen LogP contribution < -0.4 is 5.73 Å². The molecular weight excluding hydrogens is 226 g/mol. The molecule has 2 rings (SSSR count). The standard InChI is InChI=1S/C13H25N5/c1-3-12(2)17-9-6-16(7-10-17)8-11-18-5-4-13(14)15-18/h4-5,12H,3,6-11H2,1-2H3,(H2,14,15). The van der Waals surface area contributed by atoms with Gasteiger partial charge < -0.3 is 5.73 Å². The lowest BCUT2D eigenvalue weighted by Gasteiger charge is -2.37. The molecule has 18 heavy (non-hydrogen) atoms. The molecular formula is C13H25N5. The smallest absolute Gasteiger partial charge is 0.145 e. The van der Waals surface area contributed by atoms with E-state index in [1.54, 1.807) is 0 Å². The summed E-state index contributed by atoms with van der Waals surface area (Å²) < 4.78 is 1.93. The quantitative estimate of drug-likeness (QED) is 0.844. The Hall–Kier alpha value is -1.07. The van der Waals surface area contributed by atoms with Gasteiger partial charge in [-0.2, -0.15) is 5.10 Å². The summed E-state index contributed by atoms with van der Waals surface area (Å²) in [5.74, 6) is 0.608. The topological polar surface area (TPSA) is 50.3 Å². The van der Waals surface area contributed by atoms with Crippen LogP contribution in [0.5, 0.6) is 0 Å². The average Bonchev–Trinajstić information content (AvgIpc) is 2.82. The third-order valence-electron chi connectivity index (χ3n) is 3.93. The molecule has 1 atom stereocenters. The lowest BCUT2D eigenvalue weighted by Crippen LogP contribution is -2.50. The zero-order valence-electron chi connectivity index (χ0n) is 11.5. The van der Waals surface area contributed by atoms with Gasteiger partial charge in [0.2, 0.25) is 0 Å². The van der Waals surface area contributed by atoms with Crippen molar-refractivity contribution in [2.75, 3.05) is 38.5 Å². The van der Waals surface area contributed by atoms with Crippen molar-refractivity contribution in [1.29, 1.82) is 0 Å². The molecule has 0 aliphatic carbocycles. The third kappa shape index (κ3) is 3.46. The zero-order valence-corrected chi connectivity index (χ0v) is 11.5. The molecule has 0 radical (unpaired) electrons. The Kier molecular flexibility index (Phi) is 4.60. The number of hydrogen-bond donors (Lipinski definition) is 1. The number of piperazine rings is 1. The van der Waals surface area contributed by atoms with Gasteiger partial charge in [0.15, 0.2) is 0 Å². The van der Waals surface area contributed by atoms with E-state index in [2.05, 4.69) is 28.7 Å². The Labute approximate surface area is 110 Å². The Morgan fingerprint density at radius 2 is 2.00 bits per heavy atom. The molecule has 1 aromatic rings. The van der Waals surface area contributed by atoms with Crippen molar-refractivity contribution in [3.63, 3.8) is 0 Å². The molecule has 1 saturated heterocycles. The molecule has 0 bridgehead atoms. The summed E-state index contributed by atoms with van der Waals surface area (Å²) in [5.41, 5.74) is 5.60. The van der Waals surface area contributed by atoms with Crippen LogP contribution in [0.25, 0.3) is 0 Å². The largest absolute Gasteiger partial charge is 0.382 e. The van der Waals surface area contributed by atoms with E-state index in [0.717, 1.165) is 19.1 Å². The van der Waals surface area contributed by atoms with Gasteiger partial charge in [0.1, 0.15) is 5.82 Å². The first-order valence-electron chi connectivity index (χ1n) is 6.94. The average molecular weight is 251 g/mol. The van der Waals surface area contributed by atoms with E-state index >= 15 is 0 Å². The monoisotopic (exact) mass is 251 g/mol. The minimum Gasteiger partial charge on any atom is -0.382 e. The predicted molar refractivity (Wildman–Crippen MR) is 74.4 cm³/mol. The molecule has 1 unspecified atom stereocenters. The minimum absolute atomic E-state index is 0.608. The summed E-state index contributed by atoms with van der Waals surface area (Å²) in [4.78, 5) is 5.10. The van der Waals surface area contributed by atoms with Crippen LogP contribution in [0.1, 0.15) is 20.3 Å². The number of aromatic nitrogens is 2. The van der Waals surface area contributed by atoms with Crippen LogP contribution in [-0.2, 0) is 6.54 Å². The second kappa shape index (κ2) is 6.20. The lowest BCUT2D eigenvalue weighted by atomic mass is 10.2. The predicted octanol–water partition coefficient (Wildman–Crippen LogP) is 0.881. The van der Waals surface area contributed by atoms with Crippen LogP contribution in [0, 0.1) is 0 Å². The van der Waals surface area contributed by atoms with Crippen molar-refractivity contribution < 1.29 is 0 Å². The molecule has 2 heterocycles. The molecule has 1 aliphatic rings. The van der Waals surface area contributed by atoms with Crippen molar-refractivity contribution in [2.45, 2.75) is 32.9 Å². The van der Waals surface area contributed by atoms with Crippen LogP contribution in [0.4, 0.5) is 5.82 Å². The van der Waals surface area contributed by atoms with Crippen molar-refractivity contribution in [3.05, 3.63) is 12.3 Å². The normalized spacial score (nSPS) is 20.1. The summed E-state index contributed by atoms with van der Waals surface area (Å²) in [6.45, 7) is 11.3. The van der Waals surface area contributed by atoms with E-state index in [1.807, 2.05) is 16.9 Å². The van der Waals surface area contributed by atoms with Crippen LogP contribution in [-0.4, -0.2) is 58.3 Å². The molecule has 102 valence electrons. The lowest BCUT2D eigenvalue weighted by molar-refractivity contribution is 0.0977. The molecule has 1 fully saturated rings. The SMILES string of the molecule is CCC(C)N1CCN(CCn2ccc(N)n2)CC1. The molecule has 0 aromatic carbocycles. The summed E-state index contributed by atoms with van der Waals surface area (Å²) >= 11 is 0. The number of nitrogens with two attached hydrogens (primary N) is 1. The fraction of sp³-hybridized carbons (Fsp3) is 0.769. The number of rotatable bonds is 5. The third-order valence-corrected chi connectivity index (χ3v) is 3.93. The van der Waals surface area contributed by atoms with E-state index in [-0.39, 0.29) is 0 Å². The van der Waals surface area contributed by atoms with E-state index in [0.29, 0.717) is 5.82 Å². The van der Waals surface area contributed by atoms with Gasteiger partial charge in [0.05, 0.1) is 6.54 Å². The van der Waals surface area contributed by atoms with Gasteiger partial charge in [-0.15, -0.1) is 0 Å². The Morgan fingerprint density at radius 3 is 2.56 bits per heavy atom. The number of hydrogen-bond acceptors (Lipinski definition) is 4. The highest BCUT2D eigenvalue weighted by Crippen LogP contribution is 2.08. The molecule has 5 nitrogen and oxygen atoms in total. The van der Waals surface area contributed by atoms with Gasteiger partial charge in [-0.1, -0.05) is 6.92 Å². The highest BCUT2D eigenvalue weighted by Gasteiger charge is 2.19. The van der Waals surface area contributed by atoms with E-state index in [4.69, 9.17) is 5.73 Å². The fourth-order valence-electron chi connectivity index (χ4n) is 2.43. The Balaban J connectivity index is 1.70. The molecule has 0 saturated carbocycles. The molecule has 0 spiro atoms. The number of nitrogens with zero attached hydrogens (tertiary/aromatic N) is 4. The van der Waals surface area contributed by atoms with Crippen molar-refractivity contribution in [3.8, 4) is 0 Å². The van der Waals surface area contributed by atoms with Gasteiger partial charge in [-0.25, -0.2) is 0 Å². The maximum absolute atomic E-state index is 5.60. The van der Waals surface area contributed by atoms with Crippen LogP contribution >= 0.6 is 0 Å². The molecule has 1 aromatic heterocycles. The summed E-state index contributed by atoms with van der Waals surface area (Å²) in [5, 5.41) is 4.21. The molecule has 1 aliphatic heterocycles. The molecule has 2 N–H and O–H groups in total. The second-order valence-corrected chi connectivity index (χ2v) is 5.14. The maximum atomic E-state index is 5.60. The van der Waals surface area contributed by atoms with Crippen LogP contribution in [0.15, 0.2) is 12.3 Å². The summed E-state index contributed by atoms with van der Waals surface area (Å²) in [6, 6.07) is 2.57. The number of nitrogen functional groups attached to an aromatic ring is 1. The fourth-order valence-corrected chi connectivity index (χ4v) is 2.43. The first-order valence-corrected chi connectivity index (χ1v) is 6.94. The van der Waals surface area contributed by atoms with Gasteiger partial charge in [-0.05, 0) is 19.4 Å². The van der Waals surface area contributed by atoms with Crippen LogP contribution in [0.2, 0.25) is 0 Å². The first-order chi connectivity index (χ1) is 8.69. The zero-order chi connectivity index (χ0) is 13.0. The Morgan fingerprint density at radius 1 is 1.28 bits per heavy atom. The number of anilines is 1. The summed E-state index contributed by atoms with van der Waals surface area (Å²) in [6.07, 6.45) is 3.19. The first kappa shape index (κ1) is 13.4. The van der Waals surface area contributed by atoms with Gasteiger partial charge in [0.25, 0.3) is 0 Å². The highest BCUT2D eigenvalue weighted by atomic mass is 15.3. The molecule has 5 heteroatoms. The van der Waals surface area contributed by atoms with E-state index in [9.17, 15) is 0 Å². The second-order valence-electron chi connectivity index (χ2n) is 5.14. The van der Waals surface area contributed by atoms with E-state index < -0.39 is 0 Å². The van der Waals surface area contributed by atoms with Crippen molar-refractivity contribution >= 4 is 5.82 Å². The maximum Gasteiger partial charge on any atom is 0.145 e. The van der Waals surface area contributed by atoms with Gasteiger partial charge in [0, 0.05) is 45.0 Å².